The maximum absolute atomic E-state index is 11.9. The molecule has 0 spiro atoms. The van der Waals surface area contributed by atoms with Crippen LogP contribution in [-0.2, 0) is 6.54 Å². The Balaban J connectivity index is 1.89. The quantitative estimate of drug-likeness (QED) is 0.784. The molecule has 0 unspecified atom stereocenters. The van der Waals surface area contributed by atoms with Crippen molar-refractivity contribution in [2.75, 3.05) is 19.5 Å². The lowest BCUT2D eigenvalue weighted by Crippen LogP contribution is -2.28. The molecule has 2 aromatic rings. The minimum atomic E-state index is -0.359. The molecule has 0 saturated heterocycles. The molecule has 1 heterocycles. The monoisotopic (exact) mass is 314 g/mol. The molecule has 23 heavy (non-hydrogen) atoms. The number of rotatable bonds is 5. The van der Waals surface area contributed by atoms with E-state index >= 15 is 0 Å². The van der Waals surface area contributed by atoms with Gasteiger partial charge in [-0.15, -0.1) is 0 Å². The average molecular weight is 314 g/mol. The van der Waals surface area contributed by atoms with Gasteiger partial charge in [0.25, 0.3) is 5.91 Å². The van der Waals surface area contributed by atoms with Gasteiger partial charge in [-0.1, -0.05) is 12.1 Å². The SMILES string of the molecule is CNC(=O)c1cccc(CNC(=O)Nc2ccc(OC)nc2)c1. The molecule has 7 nitrogen and oxygen atoms in total. The minimum Gasteiger partial charge on any atom is -0.481 e. The summed E-state index contributed by atoms with van der Waals surface area (Å²) in [6.07, 6.45) is 1.50. The van der Waals surface area contributed by atoms with Crippen LogP contribution in [0, 0.1) is 0 Å². The second-order valence-electron chi connectivity index (χ2n) is 4.68. The fraction of sp³-hybridized carbons (Fsp3) is 0.188. The molecule has 0 bridgehead atoms. The van der Waals surface area contributed by atoms with Crippen LogP contribution in [0.2, 0.25) is 0 Å². The standard InChI is InChI=1S/C16H18N4O3/c1-17-15(21)12-5-3-4-11(8-12)9-19-16(22)20-13-6-7-14(23-2)18-10-13/h3-8,10H,9H2,1-2H3,(H,17,21)(H2,19,20,22). The summed E-state index contributed by atoms with van der Waals surface area (Å²) in [4.78, 5) is 27.4. The number of pyridine rings is 1. The van der Waals surface area contributed by atoms with Crippen molar-refractivity contribution < 1.29 is 14.3 Å². The van der Waals surface area contributed by atoms with E-state index in [2.05, 4.69) is 20.9 Å². The average Bonchev–Trinajstić information content (AvgIpc) is 2.60. The summed E-state index contributed by atoms with van der Waals surface area (Å²) in [5.74, 6) is 0.308. The molecule has 0 radical (unpaired) electrons. The topological polar surface area (TPSA) is 92.4 Å². The van der Waals surface area contributed by atoms with Crippen LogP contribution < -0.4 is 20.7 Å². The highest BCUT2D eigenvalue weighted by Crippen LogP contribution is 2.11. The van der Waals surface area contributed by atoms with Crippen molar-refractivity contribution in [2.45, 2.75) is 6.54 Å². The van der Waals surface area contributed by atoms with Crippen molar-refractivity contribution in [3.05, 3.63) is 53.7 Å². The number of urea groups is 1. The summed E-state index contributed by atoms with van der Waals surface area (Å²) in [6.45, 7) is 0.306. The maximum Gasteiger partial charge on any atom is 0.319 e. The number of amides is 3. The van der Waals surface area contributed by atoms with Crippen LogP contribution in [0.15, 0.2) is 42.6 Å². The van der Waals surface area contributed by atoms with Crippen LogP contribution in [0.25, 0.3) is 0 Å². The molecule has 3 amide bonds. The number of benzene rings is 1. The van der Waals surface area contributed by atoms with Gasteiger partial charge in [-0.3, -0.25) is 4.79 Å². The minimum absolute atomic E-state index is 0.166. The number of carbonyl (C=O) groups is 2. The number of methoxy groups -OCH3 is 1. The van der Waals surface area contributed by atoms with E-state index in [0.717, 1.165) is 5.56 Å². The first kappa shape index (κ1) is 16.3. The summed E-state index contributed by atoms with van der Waals surface area (Å²) >= 11 is 0. The molecule has 0 saturated carbocycles. The van der Waals surface area contributed by atoms with E-state index in [1.54, 1.807) is 37.4 Å². The second-order valence-corrected chi connectivity index (χ2v) is 4.68. The first-order valence-electron chi connectivity index (χ1n) is 6.98. The molecule has 7 heteroatoms. The normalized spacial score (nSPS) is 9.83. The van der Waals surface area contributed by atoms with Gasteiger partial charge in [0.1, 0.15) is 0 Å². The maximum atomic E-state index is 11.9. The third-order valence-electron chi connectivity index (χ3n) is 3.07. The third-order valence-corrected chi connectivity index (χ3v) is 3.07. The fourth-order valence-electron chi connectivity index (χ4n) is 1.90. The van der Waals surface area contributed by atoms with E-state index in [4.69, 9.17) is 4.74 Å². The number of ether oxygens (including phenoxy) is 1. The van der Waals surface area contributed by atoms with Gasteiger partial charge in [-0.05, 0) is 23.8 Å². The summed E-state index contributed by atoms with van der Waals surface area (Å²) in [7, 11) is 3.10. The molecular formula is C16H18N4O3. The Morgan fingerprint density at radius 3 is 2.70 bits per heavy atom. The number of anilines is 1. The highest BCUT2D eigenvalue weighted by Gasteiger charge is 2.06. The molecular weight excluding hydrogens is 296 g/mol. The molecule has 2 rings (SSSR count). The fourth-order valence-corrected chi connectivity index (χ4v) is 1.90. The lowest BCUT2D eigenvalue weighted by Gasteiger charge is -2.09. The molecule has 3 N–H and O–H groups in total. The van der Waals surface area contributed by atoms with Gasteiger partial charge < -0.3 is 20.7 Å². The number of aromatic nitrogens is 1. The third kappa shape index (κ3) is 4.70. The molecule has 0 aliphatic rings. The van der Waals surface area contributed by atoms with Gasteiger partial charge in [-0.25, -0.2) is 9.78 Å². The predicted octanol–water partition coefficient (Wildman–Crippen LogP) is 1.77. The summed E-state index contributed by atoms with van der Waals surface area (Å²) < 4.78 is 4.95. The van der Waals surface area contributed by atoms with Crippen LogP contribution in [-0.4, -0.2) is 31.1 Å². The predicted molar refractivity (Wildman–Crippen MR) is 86.5 cm³/mol. The molecule has 0 aliphatic heterocycles. The zero-order valence-corrected chi connectivity index (χ0v) is 12.9. The lowest BCUT2D eigenvalue weighted by atomic mass is 10.1. The van der Waals surface area contributed by atoms with Crippen LogP contribution in [0.3, 0.4) is 0 Å². The van der Waals surface area contributed by atoms with E-state index < -0.39 is 0 Å². The van der Waals surface area contributed by atoms with E-state index in [0.29, 0.717) is 23.7 Å². The molecule has 1 aromatic heterocycles. The Morgan fingerprint density at radius 2 is 2.04 bits per heavy atom. The molecule has 1 aromatic carbocycles. The summed E-state index contributed by atoms with van der Waals surface area (Å²) in [5.41, 5.74) is 1.93. The smallest absolute Gasteiger partial charge is 0.319 e. The number of hydrogen-bond donors (Lipinski definition) is 3. The van der Waals surface area contributed by atoms with E-state index in [-0.39, 0.29) is 11.9 Å². The van der Waals surface area contributed by atoms with Gasteiger partial charge >= 0.3 is 6.03 Å². The Labute approximate surface area is 134 Å². The Morgan fingerprint density at radius 1 is 1.22 bits per heavy atom. The Bertz CT molecular complexity index is 686. The van der Waals surface area contributed by atoms with Gasteiger partial charge in [0, 0.05) is 25.2 Å². The highest BCUT2D eigenvalue weighted by atomic mass is 16.5. The van der Waals surface area contributed by atoms with Crippen molar-refractivity contribution in [3.63, 3.8) is 0 Å². The Hall–Kier alpha value is -3.09. The highest BCUT2D eigenvalue weighted by molar-refractivity contribution is 5.94. The first-order chi connectivity index (χ1) is 11.1. The molecule has 120 valence electrons. The largest absolute Gasteiger partial charge is 0.481 e. The van der Waals surface area contributed by atoms with Crippen LogP contribution in [0.5, 0.6) is 5.88 Å². The number of nitrogens with zero attached hydrogens (tertiary/aromatic N) is 1. The number of hydrogen-bond acceptors (Lipinski definition) is 4. The van der Waals surface area contributed by atoms with Gasteiger partial charge in [0.2, 0.25) is 5.88 Å². The van der Waals surface area contributed by atoms with E-state index in [9.17, 15) is 9.59 Å². The van der Waals surface area contributed by atoms with E-state index in [1.807, 2.05) is 6.07 Å². The molecule has 0 aliphatic carbocycles. The Kier molecular flexibility index (Phi) is 5.51. The van der Waals surface area contributed by atoms with Crippen molar-refractivity contribution >= 4 is 17.6 Å². The lowest BCUT2D eigenvalue weighted by molar-refractivity contribution is 0.0963. The number of carbonyl (C=O) groups excluding carboxylic acids is 2. The van der Waals surface area contributed by atoms with Crippen LogP contribution in [0.1, 0.15) is 15.9 Å². The second kappa shape index (κ2) is 7.79. The zero-order chi connectivity index (χ0) is 16.7. The van der Waals surface area contributed by atoms with Crippen molar-refractivity contribution in [2.24, 2.45) is 0 Å². The molecule has 0 fully saturated rings. The molecule has 0 atom stereocenters. The van der Waals surface area contributed by atoms with Gasteiger partial charge in [-0.2, -0.15) is 0 Å². The van der Waals surface area contributed by atoms with Gasteiger partial charge in [0.05, 0.1) is 19.0 Å². The zero-order valence-electron chi connectivity index (χ0n) is 12.9. The van der Waals surface area contributed by atoms with Gasteiger partial charge in [0.15, 0.2) is 0 Å². The summed E-state index contributed by atoms with van der Waals surface area (Å²) in [5, 5.41) is 7.94. The summed E-state index contributed by atoms with van der Waals surface area (Å²) in [6, 6.07) is 10.0. The van der Waals surface area contributed by atoms with Crippen molar-refractivity contribution in [3.8, 4) is 5.88 Å². The number of nitrogens with one attached hydrogen (secondary N) is 3. The van der Waals surface area contributed by atoms with E-state index in [1.165, 1.54) is 13.3 Å². The van der Waals surface area contributed by atoms with Crippen LogP contribution in [0.4, 0.5) is 10.5 Å². The van der Waals surface area contributed by atoms with Crippen molar-refractivity contribution in [1.82, 2.24) is 15.6 Å². The van der Waals surface area contributed by atoms with Crippen LogP contribution >= 0.6 is 0 Å². The van der Waals surface area contributed by atoms with Crippen molar-refractivity contribution in [1.29, 1.82) is 0 Å². The first-order valence-corrected chi connectivity index (χ1v) is 6.98.